The van der Waals surface area contributed by atoms with Crippen molar-refractivity contribution in [3.8, 4) is 0 Å². The molecule has 4 atom stereocenters. The van der Waals surface area contributed by atoms with Crippen LogP contribution in [0.2, 0.25) is 0 Å². The quantitative estimate of drug-likeness (QED) is 0.930. The molecule has 1 saturated heterocycles. The first kappa shape index (κ1) is 13.3. The van der Waals surface area contributed by atoms with Gasteiger partial charge in [0.1, 0.15) is 18.1 Å². The number of anilines is 1. The number of aromatic nitrogens is 4. The molecule has 0 amide bonds. The molecule has 108 valence electrons. The van der Waals surface area contributed by atoms with E-state index in [9.17, 15) is 0 Å². The predicted octanol–water partition coefficient (Wildman–Crippen LogP) is 2.38. The third kappa shape index (κ3) is 1.86. The van der Waals surface area contributed by atoms with E-state index in [0.717, 1.165) is 18.5 Å². The molecule has 20 heavy (non-hydrogen) atoms. The Hall–Kier alpha value is -1.69. The van der Waals surface area contributed by atoms with E-state index in [-0.39, 0.29) is 6.23 Å². The normalized spacial score (nSPS) is 30.1. The lowest BCUT2D eigenvalue weighted by Gasteiger charge is -2.19. The van der Waals surface area contributed by atoms with Crippen LogP contribution in [-0.4, -0.2) is 25.6 Å². The van der Waals surface area contributed by atoms with Gasteiger partial charge in [-0.15, -0.1) is 0 Å². The number of nitrogens with zero attached hydrogens (tertiary/aromatic N) is 4. The number of imidazole rings is 1. The Bertz CT molecular complexity index is 611. The molecule has 6 nitrogen and oxygen atoms in total. The molecule has 3 rings (SSSR count). The first-order valence-electron chi connectivity index (χ1n) is 7.25. The van der Waals surface area contributed by atoms with Crippen molar-refractivity contribution in [1.82, 2.24) is 19.5 Å². The summed E-state index contributed by atoms with van der Waals surface area (Å²) in [5.41, 5.74) is 7.24. The van der Waals surface area contributed by atoms with E-state index >= 15 is 0 Å². The van der Waals surface area contributed by atoms with Gasteiger partial charge in [0, 0.05) is 5.92 Å². The molecule has 0 spiro atoms. The standard InChI is InChI=1S/C14H21N5O/c1-4-9-8(3)14(20-10(9)5-2)19-7-18-11-12(15)16-6-17-13(11)19/h6-10,14H,4-5H2,1-3H3,(H2,15,16,17)/t8-,9?,10+,14+/m0/s1. The van der Waals surface area contributed by atoms with Crippen LogP contribution in [0.3, 0.4) is 0 Å². The van der Waals surface area contributed by atoms with E-state index in [4.69, 9.17) is 10.5 Å². The van der Waals surface area contributed by atoms with Crippen LogP contribution in [0.15, 0.2) is 12.7 Å². The Kier molecular flexibility index (Phi) is 3.33. The maximum Gasteiger partial charge on any atom is 0.167 e. The maximum absolute atomic E-state index is 6.24. The van der Waals surface area contributed by atoms with Crippen LogP contribution in [0.1, 0.15) is 39.8 Å². The second-order valence-corrected chi connectivity index (χ2v) is 5.49. The summed E-state index contributed by atoms with van der Waals surface area (Å²) in [6.07, 6.45) is 5.68. The van der Waals surface area contributed by atoms with E-state index in [1.54, 1.807) is 6.33 Å². The minimum atomic E-state index is -0.0239. The van der Waals surface area contributed by atoms with E-state index in [0.29, 0.717) is 29.3 Å². The zero-order valence-electron chi connectivity index (χ0n) is 12.2. The molecule has 2 aromatic rings. The van der Waals surface area contributed by atoms with Crippen molar-refractivity contribution in [2.45, 2.75) is 45.9 Å². The van der Waals surface area contributed by atoms with Crippen LogP contribution in [0.25, 0.3) is 11.2 Å². The van der Waals surface area contributed by atoms with E-state index < -0.39 is 0 Å². The number of nitrogen functional groups attached to an aromatic ring is 1. The molecule has 6 heteroatoms. The topological polar surface area (TPSA) is 78.9 Å². The second-order valence-electron chi connectivity index (χ2n) is 5.49. The fourth-order valence-corrected chi connectivity index (χ4v) is 3.36. The Morgan fingerprint density at radius 1 is 1.25 bits per heavy atom. The van der Waals surface area contributed by atoms with Crippen molar-refractivity contribution in [2.75, 3.05) is 5.73 Å². The lowest BCUT2D eigenvalue weighted by molar-refractivity contribution is -0.0127. The fraction of sp³-hybridized carbons (Fsp3) is 0.643. The molecule has 0 aromatic carbocycles. The molecule has 1 unspecified atom stereocenters. The maximum atomic E-state index is 6.24. The molecule has 0 saturated carbocycles. The van der Waals surface area contributed by atoms with Crippen LogP contribution in [0.4, 0.5) is 5.82 Å². The molecule has 1 fully saturated rings. The number of rotatable bonds is 3. The first-order chi connectivity index (χ1) is 9.67. The summed E-state index contributed by atoms with van der Waals surface area (Å²) in [6.45, 7) is 6.64. The van der Waals surface area contributed by atoms with Gasteiger partial charge in [-0.2, -0.15) is 0 Å². The molecule has 0 aliphatic carbocycles. The lowest BCUT2D eigenvalue weighted by atomic mass is 9.87. The number of hydrogen-bond acceptors (Lipinski definition) is 5. The molecule has 2 N–H and O–H groups in total. The Morgan fingerprint density at radius 2 is 2.05 bits per heavy atom. The molecule has 0 bridgehead atoms. The molecule has 0 radical (unpaired) electrons. The van der Waals surface area contributed by atoms with Crippen LogP contribution < -0.4 is 5.73 Å². The van der Waals surface area contributed by atoms with Crippen molar-refractivity contribution >= 4 is 17.0 Å². The smallest absolute Gasteiger partial charge is 0.167 e. The summed E-state index contributed by atoms with van der Waals surface area (Å²) in [5.74, 6) is 1.42. The number of fused-ring (bicyclic) bond motifs is 1. The summed E-state index contributed by atoms with van der Waals surface area (Å²) < 4.78 is 8.24. The third-order valence-corrected chi connectivity index (χ3v) is 4.45. The van der Waals surface area contributed by atoms with Crippen molar-refractivity contribution in [3.63, 3.8) is 0 Å². The minimum absolute atomic E-state index is 0.0239. The van der Waals surface area contributed by atoms with Gasteiger partial charge in [-0.1, -0.05) is 27.2 Å². The molecular weight excluding hydrogens is 254 g/mol. The van der Waals surface area contributed by atoms with Gasteiger partial charge in [-0.25, -0.2) is 15.0 Å². The van der Waals surface area contributed by atoms with Crippen molar-refractivity contribution in [1.29, 1.82) is 0 Å². The molecule has 3 heterocycles. The first-order valence-corrected chi connectivity index (χ1v) is 7.25. The van der Waals surface area contributed by atoms with Gasteiger partial charge in [0.25, 0.3) is 0 Å². The van der Waals surface area contributed by atoms with Crippen molar-refractivity contribution in [2.24, 2.45) is 11.8 Å². The highest BCUT2D eigenvalue weighted by Gasteiger charge is 2.41. The Balaban J connectivity index is 2.01. The van der Waals surface area contributed by atoms with Gasteiger partial charge in [0.05, 0.1) is 12.4 Å². The van der Waals surface area contributed by atoms with Crippen LogP contribution in [0.5, 0.6) is 0 Å². The van der Waals surface area contributed by atoms with Crippen LogP contribution >= 0.6 is 0 Å². The largest absolute Gasteiger partial charge is 0.382 e. The average molecular weight is 275 g/mol. The number of nitrogens with two attached hydrogens (primary N) is 1. The second kappa shape index (κ2) is 5.01. The monoisotopic (exact) mass is 275 g/mol. The summed E-state index contributed by atoms with van der Waals surface area (Å²) in [5, 5.41) is 0. The third-order valence-electron chi connectivity index (χ3n) is 4.45. The summed E-state index contributed by atoms with van der Waals surface area (Å²) in [6, 6.07) is 0. The zero-order valence-corrected chi connectivity index (χ0v) is 12.2. The summed E-state index contributed by atoms with van der Waals surface area (Å²) >= 11 is 0. The molecule has 1 aliphatic rings. The highest BCUT2D eigenvalue weighted by Crippen LogP contribution is 2.42. The Morgan fingerprint density at radius 3 is 2.70 bits per heavy atom. The Labute approximate surface area is 118 Å². The molecule has 2 aromatic heterocycles. The van der Waals surface area contributed by atoms with E-state index in [2.05, 4.69) is 35.7 Å². The van der Waals surface area contributed by atoms with Gasteiger partial charge < -0.3 is 10.5 Å². The predicted molar refractivity (Wildman–Crippen MR) is 76.9 cm³/mol. The summed E-state index contributed by atoms with van der Waals surface area (Å²) in [7, 11) is 0. The minimum Gasteiger partial charge on any atom is -0.382 e. The highest BCUT2D eigenvalue weighted by molar-refractivity contribution is 5.81. The van der Waals surface area contributed by atoms with Crippen molar-refractivity contribution < 1.29 is 4.74 Å². The summed E-state index contributed by atoms with van der Waals surface area (Å²) in [4.78, 5) is 12.6. The van der Waals surface area contributed by atoms with E-state index in [1.165, 1.54) is 6.33 Å². The highest BCUT2D eigenvalue weighted by atomic mass is 16.5. The van der Waals surface area contributed by atoms with Gasteiger partial charge >= 0.3 is 0 Å². The van der Waals surface area contributed by atoms with Crippen LogP contribution in [-0.2, 0) is 4.74 Å². The van der Waals surface area contributed by atoms with Crippen LogP contribution in [0, 0.1) is 11.8 Å². The number of hydrogen-bond donors (Lipinski definition) is 1. The molecular formula is C14H21N5O. The fourth-order valence-electron chi connectivity index (χ4n) is 3.36. The van der Waals surface area contributed by atoms with E-state index in [1.807, 2.05) is 4.57 Å². The van der Waals surface area contributed by atoms with Crippen molar-refractivity contribution in [3.05, 3.63) is 12.7 Å². The van der Waals surface area contributed by atoms with Gasteiger partial charge in [-0.05, 0) is 12.3 Å². The molecule has 1 aliphatic heterocycles. The number of ether oxygens (including phenoxy) is 1. The lowest BCUT2D eigenvalue weighted by Crippen LogP contribution is -2.18. The zero-order chi connectivity index (χ0) is 14.3. The van der Waals surface area contributed by atoms with Gasteiger partial charge in [-0.3, -0.25) is 4.57 Å². The average Bonchev–Trinajstić information content (AvgIpc) is 3.00. The van der Waals surface area contributed by atoms with Gasteiger partial charge in [0.15, 0.2) is 11.5 Å². The SMILES string of the molecule is CCC1[C@@H](CC)O[C@@H](n2cnc3c(N)ncnc32)[C@H]1C. The van der Waals surface area contributed by atoms with Gasteiger partial charge in [0.2, 0.25) is 0 Å².